The van der Waals surface area contributed by atoms with Crippen molar-refractivity contribution in [1.82, 2.24) is 9.62 Å². The molecule has 1 saturated heterocycles. The molecule has 4 fully saturated rings. The van der Waals surface area contributed by atoms with Crippen LogP contribution in [0.5, 0.6) is 0 Å². The summed E-state index contributed by atoms with van der Waals surface area (Å²) in [4.78, 5) is 13.6. The number of hydrogen-bond acceptors (Lipinski definition) is 3. The van der Waals surface area contributed by atoms with Crippen LogP contribution in [0.25, 0.3) is 0 Å². The van der Waals surface area contributed by atoms with Gasteiger partial charge in [0.15, 0.2) is 0 Å². The smallest absolute Gasteiger partial charge is 0.244 e. The first-order valence-electron chi connectivity index (χ1n) is 11.5. The van der Waals surface area contributed by atoms with Crippen molar-refractivity contribution in [2.75, 3.05) is 13.1 Å². The van der Waals surface area contributed by atoms with Gasteiger partial charge in [0.2, 0.25) is 15.9 Å². The Labute approximate surface area is 194 Å². The van der Waals surface area contributed by atoms with Crippen molar-refractivity contribution in [3.63, 3.8) is 0 Å². The molecule has 5 nitrogen and oxygen atoms in total. The summed E-state index contributed by atoms with van der Waals surface area (Å²) >= 11 is 12.1. The molecule has 170 valence electrons. The molecule has 4 aliphatic rings. The van der Waals surface area contributed by atoms with Crippen LogP contribution in [-0.4, -0.2) is 37.8 Å². The van der Waals surface area contributed by atoms with E-state index in [9.17, 15) is 13.2 Å². The number of amides is 1. The summed E-state index contributed by atoms with van der Waals surface area (Å²) < 4.78 is 28.1. The van der Waals surface area contributed by atoms with E-state index in [4.69, 9.17) is 23.2 Å². The van der Waals surface area contributed by atoms with Crippen molar-refractivity contribution < 1.29 is 13.2 Å². The van der Waals surface area contributed by atoms with Crippen LogP contribution in [0.15, 0.2) is 23.1 Å². The molecular weight excluding hydrogens is 455 g/mol. The van der Waals surface area contributed by atoms with Gasteiger partial charge < -0.3 is 5.32 Å². The SMILES string of the molecule is O=C(NCC1CCCN1S(=O)(=O)c1ccc(Cl)cc1Cl)C12CCC[C@@H]3CC1C[C@H](C3)C2. The Morgan fingerprint density at radius 3 is 2.74 bits per heavy atom. The largest absolute Gasteiger partial charge is 0.354 e. The second-order valence-corrected chi connectivity index (χ2v) is 12.8. The summed E-state index contributed by atoms with van der Waals surface area (Å²) in [5.74, 6) is 2.18. The third-order valence-electron chi connectivity index (χ3n) is 8.33. The maximum absolute atomic E-state index is 13.5. The summed E-state index contributed by atoms with van der Waals surface area (Å²) in [6.45, 7) is 0.811. The van der Waals surface area contributed by atoms with Gasteiger partial charge in [0, 0.05) is 24.2 Å². The second-order valence-electron chi connectivity index (χ2n) is 10.1. The molecule has 31 heavy (non-hydrogen) atoms. The molecule has 3 unspecified atom stereocenters. The third kappa shape index (κ3) is 3.81. The molecule has 1 aromatic rings. The van der Waals surface area contributed by atoms with Gasteiger partial charge in [-0.15, -0.1) is 0 Å². The molecule has 0 spiro atoms. The zero-order valence-corrected chi connectivity index (χ0v) is 20.0. The van der Waals surface area contributed by atoms with Gasteiger partial charge in [-0.2, -0.15) is 4.31 Å². The standard InChI is InChI=1S/C23H30Cl2N2O3S/c24-18-5-6-21(20(25)12-18)31(29,30)27-8-2-4-19(27)14-26-22(28)23-7-1-3-15-9-16(13-23)11-17(23)10-15/h5-6,12,15-17,19H,1-4,7-11,13-14H2,(H,26,28)/t15-,16-,17?,19?,23?/m0/s1. The lowest BCUT2D eigenvalue weighted by molar-refractivity contribution is -0.133. The zero-order valence-electron chi connectivity index (χ0n) is 17.7. The predicted octanol–water partition coefficient (Wildman–Crippen LogP) is 4.87. The topological polar surface area (TPSA) is 66.5 Å². The van der Waals surface area contributed by atoms with Crippen LogP contribution in [0.4, 0.5) is 0 Å². The average Bonchev–Trinajstić information content (AvgIpc) is 3.25. The average molecular weight is 485 g/mol. The highest BCUT2D eigenvalue weighted by molar-refractivity contribution is 7.89. The first kappa shape index (κ1) is 22.0. The van der Waals surface area contributed by atoms with Gasteiger partial charge in [-0.3, -0.25) is 4.79 Å². The van der Waals surface area contributed by atoms with Crippen LogP contribution >= 0.6 is 23.2 Å². The quantitative estimate of drug-likeness (QED) is 0.647. The molecule has 8 heteroatoms. The van der Waals surface area contributed by atoms with Crippen molar-refractivity contribution in [3.05, 3.63) is 28.2 Å². The number of halogens is 2. The zero-order chi connectivity index (χ0) is 21.8. The van der Waals surface area contributed by atoms with Crippen molar-refractivity contribution >= 4 is 39.1 Å². The molecule has 1 aliphatic heterocycles. The van der Waals surface area contributed by atoms with Gasteiger partial charge in [0.25, 0.3) is 0 Å². The molecule has 1 heterocycles. The van der Waals surface area contributed by atoms with Gasteiger partial charge in [0.1, 0.15) is 4.90 Å². The fourth-order valence-corrected chi connectivity index (χ4v) is 9.47. The predicted molar refractivity (Wildman–Crippen MR) is 122 cm³/mol. The molecule has 5 rings (SSSR count). The number of carbonyl (C=O) groups is 1. The van der Waals surface area contributed by atoms with E-state index in [2.05, 4.69) is 5.32 Å². The number of rotatable bonds is 5. The lowest BCUT2D eigenvalue weighted by Crippen LogP contribution is -2.48. The normalized spacial score (nSPS) is 35.3. The van der Waals surface area contributed by atoms with E-state index in [-0.39, 0.29) is 27.3 Å². The number of sulfonamides is 1. The first-order valence-corrected chi connectivity index (χ1v) is 13.7. The van der Waals surface area contributed by atoms with Gasteiger partial charge in [-0.25, -0.2) is 8.42 Å². The molecule has 5 atom stereocenters. The molecule has 3 bridgehead atoms. The maximum atomic E-state index is 13.5. The van der Waals surface area contributed by atoms with Crippen LogP contribution in [0, 0.1) is 23.2 Å². The number of nitrogens with one attached hydrogen (secondary N) is 1. The molecule has 1 aromatic carbocycles. The summed E-state index contributed by atoms with van der Waals surface area (Å²) in [5, 5.41) is 3.74. The Morgan fingerprint density at radius 1 is 1.13 bits per heavy atom. The second kappa shape index (κ2) is 8.19. The van der Waals surface area contributed by atoms with E-state index in [1.165, 1.54) is 42.1 Å². The summed E-state index contributed by atoms with van der Waals surface area (Å²) in [6, 6.07) is 4.23. The third-order valence-corrected chi connectivity index (χ3v) is 11.0. The monoisotopic (exact) mass is 484 g/mol. The maximum Gasteiger partial charge on any atom is 0.244 e. The molecule has 1 N–H and O–H groups in total. The molecule has 3 aliphatic carbocycles. The number of carbonyl (C=O) groups excluding carboxylic acids is 1. The Hall–Kier alpha value is -0.820. The fourth-order valence-electron chi connectivity index (χ4n) is 7.03. The molecule has 0 radical (unpaired) electrons. The Bertz CT molecular complexity index is 985. The van der Waals surface area contributed by atoms with Crippen molar-refractivity contribution in [2.45, 2.75) is 68.7 Å². The number of hydrogen-bond donors (Lipinski definition) is 1. The summed E-state index contributed by atoms with van der Waals surface area (Å²) in [5.41, 5.74) is -0.224. The van der Waals surface area contributed by atoms with Gasteiger partial charge in [0.05, 0.1) is 10.4 Å². The molecule has 3 saturated carbocycles. The van der Waals surface area contributed by atoms with E-state index in [1.807, 2.05) is 0 Å². The molecule has 0 aromatic heterocycles. The fraction of sp³-hybridized carbons (Fsp3) is 0.696. The van der Waals surface area contributed by atoms with E-state index >= 15 is 0 Å². The van der Waals surface area contributed by atoms with E-state index < -0.39 is 10.0 Å². The van der Waals surface area contributed by atoms with E-state index in [0.29, 0.717) is 29.9 Å². The Morgan fingerprint density at radius 2 is 1.94 bits per heavy atom. The van der Waals surface area contributed by atoms with Crippen molar-refractivity contribution in [2.24, 2.45) is 23.2 Å². The minimum atomic E-state index is -3.74. The van der Waals surface area contributed by atoms with Crippen LogP contribution in [0.2, 0.25) is 10.0 Å². The first-order chi connectivity index (χ1) is 14.8. The summed E-state index contributed by atoms with van der Waals surface area (Å²) in [7, 11) is -3.74. The van der Waals surface area contributed by atoms with Crippen LogP contribution in [-0.2, 0) is 14.8 Å². The number of benzene rings is 1. The highest BCUT2D eigenvalue weighted by Crippen LogP contribution is 2.60. The minimum Gasteiger partial charge on any atom is -0.354 e. The Balaban J connectivity index is 1.30. The van der Waals surface area contributed by atoms with Crippen LogP contribution < -0.4 is 5.32 Å². The minimum absolute atomic E-state index is 0.0785. The Kier molecular flexibility index (Phi) is 5.81. The van der Waals surface area contributed by atoms with Gasteiger partial charge in [-0.05, 0) is 80.9 Å². The van der Waals surface area contributed by atoms with Gasteiger partial charge >= 0.3 is 0 Å². The summed E-state index contributed by atoms with van der Waals surface area (Å²) in [6.07, 6.45) is 9.62. The van der Waals surface area contributed by atoms with Crippen LogP contribution in [0.1, 0.15) is 57.8 Å². The number of nitrogens with zero attached hydrogens (tertiary/aromatic N) is 1. The van der Waals surface area contributed by atoms with E-state index in [0.717, 1.165) is 38.0 Å². The molecular formula is C23H30Cl2N2O3S. The lowest BCUT2D eigenvalue weighted by Gasteiger charge is -2.34. The number of fused-ring (bicyclic) bond motifs is 2. The van der Waals surface area contributed by atoms with Crippen LogP contribution in [0.3, 0.4) is 0 Å². The van der Waals surface area contributed by atoms with Crippen molar-refractivity contribution in [1.29, 1.82) is 0 Å². The highest BCUT2D eigenvalue weighted by atomic mass is 35.5. The molecule has 1 amide bonds. The van der Waals surface area contributed by atoms with E-state index in [1.54, 1.807) is 6.07 Å². The lowest BCUT2D eigenvalue weighted by atomic mass is 9.73. The highest BCUT2D eigenvalue weighted by Gasteiger charge is 2.56. The van der Waals surface area contributed by atoms with Gasteiger partial charge in [-0.1, -0.05) is 36.0 Å². The van der Waals surface area contributed by atoms with Crippen molar-refractivity contribution in [3.8, 4) is 0 Å².